The predicted molar refractivity (Wildman–Crippen MR) is 71.3 cm³/mol. The van der Waals surface area contributed by atoms with Gasteiger partial charge in [-0.25, -0.2) is 0 Å². The molecular weight excluding hydrogens is 212 g/mol. The predicted octanol–water partition coefficient (Wildman–Crippen LogP) is 2.02. The maximum atomic E-state index is 5.67. The lowest BCUT2D eigenvalue weighted by molar-refractivity contribution is -0.0205. The Kier molecular flexibility index (Phi) is 4.45. The highest BCUT2D eigenvalue weighted by Crippen LogP contribution is 2.23. The van der Waals surface area contributed by atoms with Crippen molar-refractivity contribution in [2.75, 3.05) is 26.2 Å². The van der Waals surface area contributed by atoms with Crippen molar-refractivity contribution in [2.24, 2.45) is 0 Å². The second-order valence-electron chi connectivity index (χ2n) is 6.02. The van der Waals surface area contributed by atoms with Gasteiger partial charge in [0.1, 0.15) is 0 Å². The maximum absolute atomic E-state index is 5.67. The van der Waals surface area contributed by atoms with Gasteiger partial charge in [-0.05, 0) is 52.6 Å². The van der Waals surface area contributed by atoms with Gasteiger partial charge < -0.3 is 10.1 Å². The number of nitrogens with zero attached hydrogens (tertiary/aromatic N) is 1. The van der Waals surface area contributed by atoms with Crippen LogP contribution in [-0.4, -0.2) is 48.8 Å². The number of rotatable bonds is 2. The van der Waals surface area contributed by atoms with Crippen molar-refractivity contribution in [1.82, 2.24) is 10.2 Å². The maximum Gasteiger partial charge on any atom is 0.0561 e. The molecule has 2 heterocycles. The fourth-order valence-corrected chi connectivity index (χ4v) is 3.11. The van der Waals surface area contributed by atoms with Crippen molar-refractivity contribution in [3.05, 3.63) is 0 Å². The summed E-state index contributed by atoms with van der Waals surface area (Å²) in [6, 6.07) is 0.740. The van der Waals surface area contributed by atoms with Crippen molar-refractivity contribution >= 4 is 0 Å². The Hall–Kier alpha value is -0.120. The van der Waals surface area contributed by atoms with Crippen LogP contribution in [0.3, 0.4) is 0 Å². The van der Waals surface area contributed by atoms with Crippen molar-refractivity contribution in [1.29, 1.82) is 0 Å². The van der Waals surface area contributed by atoms with Crippen LogP contribution in [0, 0.1) is 0 Å². The van der Waals surface area contributed by atoms with E-state index in [9.17, 15) is 0 Å². The highest BCUT2D eigenvalue weighted by molar-refractivity contribution is 4.91. The summed E-state index contributed by atoms with van der Waals surface area (Å²) in [6.45, 7) is 11.4. The van der Waals surface area contributed by atoms with Crippen LogP contribution in [0.1, 0.15) is 46.5 Å². The number of nitrogens with one attached hydrogen (secondary N) is 1. The van der Waals surface area contributed by atoms with Gasteiger partial charge in [-0.3, -0.25) is 4.90 Å². The molecule has 3 unspecified atom stereocenters. The number of hydrogen-bond donors (Lipinski definition) is 1. The lowest BCUT2D eigenvalue weighted by Crippen LogP contribution is -2.52. The standard InChI is InChI=1S/C14H28N2O/c1-4-14(3)11-16(8-5-7-15-14)13-6-9-17-12(2)10-13/h12-13,15H,4-11H2,1-3H3. The molecule has 0 saturated carbocycles. The lowest BCUT2D eigenvalue weighted by atomic mass is 9.95. The molecule has 3 nitrogen and oxygen atoms in total. The van der Waals surface area contributed by atoms with E-state index in [4.69, 9.17) is 4.74 Å². The van der Waals surface area contributed by atoms with Crippen molar-refractivity contribution < 1.29 is 4.74 Å². The Labute approximate surface area is 106 Å². The second-order valence-corrected chi connectivity index (χ2v) is 6.02. The van der Waals surface area contributed by atoms with Gasteiger partial charge in [0.2, 0.25) is 0 Å². The van der Waals surface area contributed by atoms with E-state index in [1.54, 1.807) is 0 Å². The third kappa shape index (κ3) is 3.43. The molecule has 2 fully saturated rings. The van der Waals surface area contributed by atoms with Crippen molar-refractivity contribution in [3.8, 4) is 0 Å². The fraction of sp³-hybridized carbons (Fsp3) is 1.00. The molecule has 2 saturated heterocycles. The topological polar surface area (TPSA) is 24.5 Å². The summed E-state index contributed by atoms with van der Waals surface area (Å²) in [6.07, 6.45) is 5.35. The van der Waals surface area contributed by atoms with Gasteiger partial charge in [0.05, 0.1) is 6.10 Å². The molecule has 1 N–H and O–H groups in total. The molecule has 0 amide bonds. The third-order valence-corrected chi connectivity index (χ3v) is 4.48. The van der Waals surface area contributed by atoms with Crippen molar-refractivity contribution in [3.63, 3.8) is 0 Å². The summed E-state index contributed by atoms with van der Waals surface area (Å²) in [7, 11) is 0. The van der Waals surface area contributed by atoms with Crippen LogP contribution in [0.5, 0.6) is 0 Å². The lowest BCUT2D eigenvalue weighted by Gasteiger charge is -2.40. The molecule has 2 aliphatic rings. The zero-order valence-corrected chi connectivity index (χ0v) is 11.7. The van der Waals surface area contributed by atoms with Gasteiger partial charge in [0.15, 0.2) is 0 Å². The summed E-state index contributed by atoms with van der Waals surface area (Å²) in [5.74, 6) is 0. The SMILES string of the molecule is CCC1(C)CN(C2CCOC(C)C2)CCCN1. The summed E-state index contributed by atoms with van der Waals surface area (Å²) < 4.78 is 5.67. The highest BCUT2D eigenvalue weighted by atomic mass is 16.5. The average molecular weight is 240 g/mol. The van der Waals surface area contributed by atoms with E-state index in [1.165, 1.54) is 45.3 Å². The first-order valence-corrected chi connectivity index (χ1v) is 7.23. The summed E-state index contributed by atoms with van der Waals surface area (Å²) in [5, 5.41) is 3.72. The van der Waals surface area contributed by atoms with Crippen LogP contribution in [0.15, 0.2) is 0 Å². The minimum absolute atomic E-state index is 0.304. The van der Waals surface area contributed by atoms with E-state index >= 15 is 0 Å². The normalized spacial score (nSPS) is 41.1. The summed E-state index contributed by atoms with van der Waals surface area (Å²) in [5.41, 5.74) is 0.304. The molecule has 0 aromatic carbocycles. The monoisotopic (exact) mass is 240 g/mol. The van der Waals surface area contributed by atoms with Crippen LogP contribution < -0.4 is 5.32 Å². The van der Waals surface area contributed by atoms with Crippen LogP contribution in [0.2, 0.25) is 0 Å². The number of ether oxygens (including phenoxy) is 1. The zero-order valence-electron chi connectivity index (χ0n) is 11.7. The molecule has 3 heteroatoms. The zero-order chi connectivity index (χ0) is 12.3. The molecule has 0 aromatic rings. The summed E-state index contributed by atoms with van der Waals surface area (Å²) >= 11 is 0. The molecule has 3 atom stereocenters. The molecule has 0 aromatic heterocycles. The Morgan fingerprint density at radius 1 is 1.47 bits per heavy atom. The molecule has 0 bridgehead atoms. The van der Waals surface area contributed by atoms with Gasteiger partial charge in [-0.2, -0.15) is 0 Å². The van der Waals surface area contributed by atoms with Gasteiger partial charge in [-0.1, -0.05) is 6.92 Å². The molecule has 0 radical (unpaired) electrons. The minimum atomic E-state index is 0.304. The Morgan fingerprint density at radius 2 is 2.29 bits per heavy atom. The van der Waals surface area contributed by atoms with Gasteiger partial charge >= 0.3 is 0 Å². The molecule has 2 aliphatic heterocycles. The second kappa shape index (κ2) is 5.68. The van der Waals surface area contributed by atoms with Crippen LogP contribution >= 0.6 is 0 Å². The molecule has 100 valence electrons. The van der Waals surface area contributed by atoms with E-state index < -0.39 is 0 Å². The minimum Gasteiger partial charge on any atom is -0.378 e. The first kappa shape index (κ1) is 13.3. The third-order valence-electron chi connectivity index (χ3n) is 4.48. The Bertz CT molecular complexity index is 246. The van der Waals surface area contributed by atoms with Crippen molar-refractivity contribution in [2.45, 2.75) is 64.1 Å². The molecule has 0 aliphatic carbocycles. The van der Waals surface area contributed by atoms with Crippen LogP contribution in [0.25, 0.3) is 0 Å². The van der Waals surface area contributed by atoms with Gasteiger partial charge in [0.25, 0.3) is 0 Å². The van der Waals surface area contributed by atoms with E-state index in [2.05, 4.69) is 31.0 Å². The molecule has 17 heavy (non-hydrogen) atoms. The van der Waals surface area contributed by atoms with E-state index in [0.29, 0.717) is 11.6 Å². The molecule has 2 rings (SSSR count). The molecular formula is C14H28N2O. The number of hydrogen-bond acceptors (Lipinski definition) is 3. The Morgan fingerprint density at radius 3 is 3.00 bits per heavy atom. The average Bonchev–Trinajstić information content (AvgIpc) is 2.52. The first-order valence-electron chi connectivity index (χ1n) is 7.23. The Balaban J connectivity index is 1.98. The fourth-order valence-electron chi connectivity index (χ4n) is 3.11. The van der Waals surface area contributed by atoms with Gasteiger partial charge in [-0.15, -0.1) is 0 Å². The van der Waals surface area contributed by atoms with E-state index in [0.717, 1.165) is 12.6 Å². The van der Waals surface area contributed by atoms with Crippen LogP contribution in [0.4, 0.5) is 0 Å². The first-order chi connectivity index (χ1) is 8.13. The quantitative estimate of drug-likeness (QED) is 0.799. The van der Waals surface area contributed by atoms with Gasteiger partial charge in [0, 0.05) is 24.7 Å². The van der Waals surface area contributed by atoms with E-state index in [1.807, 2.05) is 0 Å². The molecule has 0 spiro atoms. The largest absolute Gasteiger partial charge is 0.378 e. The van der Waals surface area contributed by atoms with E-state index in [-0.39, 0.29) is 0 Å². The highest BCUT2D eigenvalue weighted by Gasteiger charge is 2.32. The smallest absolute Gasteiger partial charge is 0.0561 e. The van der Waals surface area contributed by atoms with Crippen LogP contribution in [-0.2, 0) is 4.74 Å². The summed E-state index contributed by atoms with van der Waals surface area (Å²) in [4.78, 5) is 2.71.